The van der Waals surface area contributed by atoms with Gasteiger partial charge in [0.1, 0.15) is 5.52 Å². The zero-order valence-electron chi connectivity index (χ0n) is 11.3. The van der Waals surface area contributed by atoms with Gasteiger partial charge in [-0.1, -0.05) is 11.8 Å². The highest BCUT2D eigenvalue weighted by atomic mass is 32.2. The lowest BCUT2D eigenvalue weighted by Crippen LogP contribution is -2.09. The molecule has 21 heavy (non-hydrogen) atoms. The summed E-state index contributed by atoms with van der Waals surface area (Å²) in [5.74, 6) is -3.16. The number of hydrogen-bond acceptors (Lipinski definition) is 4. The quantitative estimate of drug-likeness (QED) is 0.628. The first-order valence-electron chi connectivity index (χ1n) is 6.31. The Balaban J connectivity index is 2.42. The van der Waals surface area contributed by atoms with E-state index >= 15 is 0 Å². The Hall–Kier alpha value is -1.67. The molecule has 1 aromatic carbocycles. The molecule has 2 rings (SSSR count). The monoisotopic (exact) mass is 316 g/mol. The Labute approximate surface area is 123 Å². The van der Waals surface area contributed by atoms with Crippen molar-refractivity contribution in [2.75, 3.05) is 19.0 Å². The molecule has 114 valence electrons. The second kappa shape index (κ2) is 6.86. The molecule has 0 aliphatic rings. The molecule has 0 aliphatic heterocycles. The van der Waals surface area contributed by atoms with Crippen LogP contribution in [-0.2, 0) is 16.1 Å². The SMILES string of the molecule is CCOCCn1c(SCC(=O)O)nc2ccc(F)c(F)c21. The van der Waals surface area contributed by atoms with Crippen LogP contribution in [0.25, 0.3) is 11.0 Å². The second-order valence-electron chi connectivity index (χ2n) is 4.15. The van der Waals surface area contributed by atoms with Crippen molar-refractivity contribution in [3.8, 4) is 0 Å². The molecule has 0 saturated carbocycles. The van der Waals surface area contributed by atoms with E-state index in [0.29, 0.717) is 23.9 Å². The van der Waals surface area contributed by atoms with Crippen LogP contribution in [0.2, 0.25) is 0 Å². The van der Waals surface area contributed by atoms with Crippen molar-refractivity contribution in [2.24, 2.45) is 0 Å². The van der Waals surface area contributed by atoms with Gasteiger partial charge in [0.05, 0.1) is 17.9 Å². The second-order valence-corrected chi connectivity index (χ2v) is 5.10. The predicted molar refractivity (Wildman–Crippen MR) is 74.5 cm³/mol. The van der Waals surface area contributed by atoms with E-state index in [1.807, 2.05) is 6.92 Å². The summed E-state index contributed by atoms with van der Waals surface area (Å²) < 4.78 is 34.0. The summed E-state index contributed by atoms with van der Waals surface area (Å²) in [6.07, 6.45) is 0. The number of imidazole rings is 1. The average molecular weight is 316 g/mol. The molecule has 0 bridgehead atoms. The molecular weight excluding hydrogens is 302 g/mol. The van der Waals surface area contributed by atoms with E-state index in [2.05, 4.69) is 4.98 Å². The maximum Gasteiger partial charge on any atom is 0.313 e. The summed E-state index contributed by atoms with van der Waals surface area (Å²) in [7, 11) is 0. The largest absolute Gasteiger partial charge is 0.481 e. The molecule has 0 atom stereocenters. The van der Waals surface area contributed by atoms with Gasteiger partial charge in [-0.05, 0) is 19.1 Å². The molecule has 0 fully saturated rings. The number of fused-ring (bicyclic) bond motifs is 1. The number of carbonyl (C=O) groups is 1. The molecule has 0 unspecified atom stereocenters. The highest BCUT2D eigenvalue weighted by molar-refractivity contribution is 7.99. The van der Waals surface area contributed by atoms with Crippen LogP contribution in [0.4, 0.5) is 8.78 Å². The molecule has 1 aromatic heterocycles. The molecule has 5 nitrogen and oxygen atoms in total. The summed E-state index contributed by atoms with van der Waals surface area (Å²) in [6.45, 7) is 2.90. The highest BCUT2D eigenvalue weighted by Crippen LogP contribution is 2.27. The smallest absolute Gasteiger partial charge is 0.313 e. The Morgan fingerprint density at radius 1 is 1.48 bits per heavy atom. The number of aromatic nitrogens is 2. The van der Waals surface area contributed by atoms with Gasteiger partial charge in [-0.15, -0.1) is 0 Å². The Bertz CT molecular complexity index is 660. The zero-order valence-corrected chi connectivity index (χ0v) is 12.1. The van der Waals surface area contributed by atoms with Crippen LogP contribution in [0, 0.1) is 11.6 Å². The number of aliphatic carboxylic acids is 1. The molecular formula is C13H14F2N2O3S. The number of ether oxygens (including phenoxy) is 1. The van der Waals surface area contributed by atoms with Gasteiger partial charge in [0.15, 0.2) is 16.8 Å². The van der Waals surface area contributed by atoms with E-state index in [0.717, 1.165) is 17.8 Å². The summed E-state index contributed by atoms with van der Waals surface area (Å²) in [5.41, 5.74) is 0.320. The van der Waals surface area contributed by atoms with Gasteiger partial charge in [0.2, 0.25) is 0 Å². The first-order valence-corrected chi connectivity index (χ1v) is 7.29. The molecule has 2 aromatic rings. The number of nitrogens with zero attached hydrogens (tertiary/aromatic N) is 2. The minimum Gasteiger partial charge on any atom is -0.481 e. The fourth-order valence-electron chi connectivity index (χ4n) is 1.88. The molecule has 8 heteroatoms. The van der Waals surface area contributed by atoms with Gasteiger partial charge in [0.25, 0.3) is 0 Å². The lowest BCUT2D eigenvalue weighted by Gasteiger charge is -2.08. The summed E-state index contributed by atoms with van der Waals surface area (Å²) >= 11 is 0.961. The maximum atomic E-state index is 14.0. The van der Waals surface area contributed by atoms with Gasteiger partial charge in [0, 0.05) is 13.2 Å². The molecule has 0 spiro atoms. The first-order chi connectivity index (χ1) is 10.0. The molecule has 1 heterocycles. The van der Waals surface area contributed by atoms with Gasteiger partial charge in [-0.25, -0.2) is 13.8 Å². The number of halogens is 2. The van der Waals surface area contributed by atoms with Crippen LogP contribution >= 0.6 is 11.8 Å². The zero-order chi connectivity index (χ0) is 15.4. The third kappa shape index (κ3) is 3.51. The van der Waals surface area contributed by atoms with E-state index < -0.39 is 17.6 Å². The van der Waals surface area contributed by atoms with Crippen molar-refractivity contribution in [3.63, 3.8) is 0 Å². The van der Waals surface area contributed by atoms with Gasteiger partial charge in [-0.2, -0.15) is 0 Å². The predicted octanol–water partition coefficient (Wildman–Crippen LogP) is 2.53. The van der Waals surface area contributed by atoms with Crippen molar-refractivity contribution in [3.05, 3.63) is 23.8 Å². The normalized spacial score (nSPS) is 11.2. The summed E-state index contributed by atoms with van der Waals surface area (Å²) in [6, 6.07) is 2.37. The van der Waals surface area contributed by atoms with Gasteiger partial charge >= 0.3 is 5.97 Å². The third-order valence-corrected chi connectivity index (χ3v) is 3.71. The van der Waals surface area contributed by atoms with Crippen molar-refractivity contribution in [1.29, 1.82) is 0 Å². The third-order valence-electron chi connectivity index (χ3n) is 2.75. The van der Waals surface area contributed by atoms with Crippen LogP contribution in [0.15, 0.2) is 17.3 Å². The highest BCUT2D eigenvalue weighted by Gasteiger charge is 2.18. The maximum absolute atomic E-state index is 14.0. The van der Waals surface area contributed by atoms with Crippen LogP contribution in [0.3, 0.4) is 0 Å². The number of rotatable bonds is 7. The molecule has 0 aliphatic carbocycles. The fraction of sp³-hybridized carbons (Fsp3) is 0.385. The Kier molecular flexibility index (Phi) is 5.13. The molecule has 0 amide bonds. The lowest BCUT2D eigenvalue weighted by atomic mass is 10.3. The van der Waals surface area contributed by atoms with E-state index in [4.69, 9.17) is 9.84 Å². The molecule has 0 radical (unpaired) electrons. The minimum atomic E-state index is -1.00. The molecule has 0 saturated heterocycles. The van der Waals surface area contributed by atoms with Crippen LogP contribution in [-0.4, -0.2) is 39.6 Å². The van der Waals surface area contributed by atoms with E-state index in [1.165, 1.54) is 10.6 Å². The number of hydrogen-bond donors (Lipinski definition) is 1. The van der Waals surface area contributed by atoms with Crippen molar-refractivity contribution < 1.29 is 23.4 Å². The number of carboxylic acids is 1. The Morgan fingerprint density at radius 2 is 2.24 bits per heavy atom. The topological polar surface area (TPSA) is 64.3 Å². The van der Waals surface area contributed by atoms with Crippen LogP contribution < -0.4 is 0 Å². The first kappa shape index (κ1) is 15.7. The lowest BCUT2D eigenvalue weighted by molar-refractivity contribution is -0.133. The van der Waals surface area contributed by atoms with Gasteiger partial charge < -0.3 is 14.4 Å². The van der Waals surface area contributed by atoms with Crippen molar-refractivity contribution >= 4 is 28.8 Å². The minimum absolute atomic E-state index is 0.0302. The van der Waals surface area contributed by atoms with Gasteiger partial charge in [-0.3, -0.25) is 4.79 Å². The number of thioether (sulfide) groups is 1. The number of benzene rings is 1. The fourth-order valence-corrected chi connectivity index (χ4v) is 2.63. The molecule has 1 N–H and O–H groups in total. The van der Waals surface area contributed by atoms with Crippen molar-refractivity contribution in [1.82, 2.24) is 9.55 Å². The summed E-state index contributed by atoms with van der Waals surface area (Å²) in [4.78, 5) is 14.8. The Morgan fingerprint density at radius 3 is 2.90 bits per heavy atom. The standard InChI is InChI=1S/C13H14F2N2O3S/c1-2-20-6-5-17-12-9(4-3-8(14)11(12)15)16-13(17)21-7-10(18)19/h3-4H,2,5-7H2,1H3,(H,18,19). The van der Waals surface area contributed by atoms with Crippen LogP contribution in [0.1, 0.15) is 6.92 Å². The van der Waals surface area contributed by atoms with Crippen molar-refractivity contribution in [2.45, 2.75) is 18.6 Å². The van der Waals surface area contributed by atoms with E-state index in [1.54, 1.807) is 0 Å². The summed E-state index contributed by atoms with van der Waals surface area (Å²) in [5, 5.41) is 9.07. The van der Waals surface area contributed by atoms with E-state index in [9.17, 15) is 13.6 Å². The van der Waals surface area contributed by atoms with E-state index in [-0.39, 0.29) is 17.8 Å². The number of carboxylic acid groups (broad SMARTS) is 1. The average Bonchev–Trinajstić information content (AvgIpc) is 2.80. The van der Waals surface area contributed by atoms with Crippen LogP contribution in [0.5, 0.6) is 0 Å².